The molecule has 0 bridgehead atoms. The molecule has 0 spiro atoms. The number of para-hydroxylation sites is 1. The third kappa shape index (κ3) is 4.60. The van der Waals surface area contributed by atoms with Crippen LogP contribution in [0.15, 0.2) is 54.6 Å². The number of hydrogen-bond acceptors (Lipinski definition) is 2. The lowest BCUT2D eigenvalue weighted by atomic mass is 9.87. The summed E-state index contributed by atoms with van der Waals surface area (Å²) in [5.74, 6) is 0.267. The van der Waals surface area contributed by atoms with Crippen LogP contribution in [0.25, 0.3) is 0 Å². The first-order valence-corrected chi connectivity index (χ1v) is 8.78. The van der Waals surface area contributed by atoms with E-state index in [0.29, 0.717) is 6.42 Å². The summed E-state index contributed by atoms with van der Waals surface area (Å²) in [6.07, 6.45) is 2.29. The van der Waals surface area contributed by atoms with E-state index >= 15 is 0 Å². The van der Waals surface area contributed by atoms with Crippen molar-refractivity contribution in [3.8, 4) is 5.75 Å². The van der Waals surface area contributed by atoms with Crippen molar-refractivity contribution in [3.63, 3.8) is 0 Å². The Morgan fingerprint density at radius 2 is 1.54 bits per heavy atom. The SMILES string of the molecule is CCCN(CCC)C(=O)CC(c1ccccc1)c1ccccc1O. The van der Waals surface area contributed by atoms with E-state index in [1.807, 2.05) is 53.4 Å². The molecule has 1 unspecified atom stereocenters. The molecule has 0 heterocycles. The van der Waals surface area contributed by atoms with Crippen molar-refractivity contribution in [2.75, 3.05) is 13.1 Å². The van der Waals surface area contributed by atoms with Crippen LogP contribution in [0.5, 0.6) is 5.75 Å². The molecule has 0 aliphatic carbocycles. The largest absolute Gasteiger partial charge is 0.508 e. The summed E-state index contributed by atoms with van der Waals surface area (Å²) in [5.41, 5.74) is 1.87. The van der Waals surface area contributed by atoms with E-state index in [0.717, 1.165) is 37.1 Å². The predicted molar refractivity (Wildman–Crippen MR) is 98.2 cm³/mol. The van der Waals surface area contributed by atoms with Gasteiger partial charge in [-0.15, -0.1) is 0 Å². The van der Waals surface area contributed by atoms with Gasteiger partial charge in [-0.3, -0.25) is 4.79 Å². The van der Waals surface area contributed by atoms with E-state index in [4.69, 9.17) is 0 Å². The molecule has 2 aromatic rings. The Morgan fingerprint density at radius 1 is 0.958 bits per heavy atom. The molecular weight excluding hydrogens is 298 g/mol. The van der Waals surface area contributed by atoms with Gasteiger partial charge in [0.05, 0.1) is 0 Å². The van der Waals surface area contributed by atoms with Crippen LogP contribution in [0.1, 0.15) is 50.2 Å². The Labute approximate surface area is 144 Å². The summed E-state index contributed by atoms with van der Waals surface area (Å²) < 4.78 is 0. The molecule has 24 heavy (non-hydrogen) atoms. The highest BCUT2D eigenvalue weighted by atomic mass is 16.3. The van der Waals surface area contributed by atoms with Gasteiger partial charge in [-0.1, -0.05) is 62.4 Å². The van der Waals surface area contributed by atoms with Crippen molar-refractivity contribution in [2.45, 2.75) is 39.0 Å². The van der Waals surface area contributed by atoms with Gasteiger partial charge < -0.3 is 10.0 Å². The minimum absolute atomic E-state index is 0.129. The average molecular weight is 325 g/mol. The van der Waals surface area contributed by atoms with Gasteiger partial charge in [0.2, 0.25) is 5.91 Å². The van der Waals surface area contributed by atoms with Gasteiger partial charge in [0.1, 0.15) is 5.75 Å². The van der Waals surface area contributed by atoms with Gasteiger partial charge in [-0.25, -0.2) is 0 Å². The molecule has 0 fully saturated rings. The summed E-state index contributed by atoms with van der Waals surface area (Å²) in [6.45, 7) is 5.76. The maximum Gasteiger partial charge on any atom is 0.223 e. The van der Waals surface area contributed by atoms with E-state index in [2.05, 4.69) is 13.8 Å². The molecule has 2 aromatic carbocycles. The molecule has 0 aromatic heterocycles. The summed E-state index contributed by atoms with van der Waals surface area (Å²) in [6, 6.07) is 17.3. The first-order valence-electron chi connectivity index (χ1n) is 8.78. The summed E-state index contributed by atoms with van der Waals surface area (Å²) in [5, 5.41) is 10.3. The quantitative estimate of drug-likeness (QED) is 0.773. The third-order valence-electron chi connectivity index (χ3n) is 4.23. The van der Waals surface area contributed by atoms with Crippen LogP contribution < -0.4 is 0 Å². The van der Waals surface area contributed by atoms with Crippen LogP contribution in [0.3, 0.4) is 0 Å². The van der Waals surface area contributed by atoms with Crippen molar-refractivity contribution < 1.29 is 9.90 Å². The first kappa shape index (κ1) is 18.1. The smallest absolute Gasteiger partial charge is 0.223 e. The number of rotatable bonds is 8. The Balaban J connectivity index is 2.30. The second-order valence-electron chi connectivity index (χ2n) is 6.11. The number of phenols is 1. The van der Waals surface area contributed by atoms with E-state index < -0.39 is 0 Å². The van der Waals surface area contributed by atoms with Gasteiger partial charge in [0.25, 0.3) is 0 Å². The Morgan fingerprint density at radius 3 is 2.12 bits per heavy atom. The number of hydrogen-bond donors (Lipinski definition) is 1. The van der Waals surface area contributed by atoms with Crippen LogP contribution in [-0.4, -0.2) is 29.0 Å². The van der Waals surface area contributed by atoms with E-state index in [1.165, 1.54) is 0 Å². The first-order chi connectivity index (χ1) is 11.7. The van der Waals surface area contributed by atoms with Gasteiger partial charge >= 0.3 is 0 Å². The minimum atomic E-state index is -0.129. The normalized spacial score (nSPS) is 11.9. The molecule has 0 radical (unpaired) electrons. The maximum absolute atomic E-state index is 12.8. The number of amides is 1. The minimum Gasteiger partial charge on any atom is -0.508 e. The van der Waals surface area contributed by atoms with E-state index in [1.54, 1.807) is 6.07 Å². The summed E-state index contributed by atoms with van der Waals surface area (Å²) in [7, 11) is 0. The number of benzene rings is 2. The second-order valence-corrected chi connectivity index (χ2v) is 6.11. The van der Waals surface area contributed by atoms with Crippen LogP contribution in [-0.2, 0) is 4.79 Å². The summed E-state index contributed by atoms with van der Waals surface area (Å²) >= 11 is 0. The van der Waals surface area contributed by atoms with Gasteiger partial charge in [-0.05, 0) is 24.5 Å². The highest BCUT2D eigenvalue weighted by Crippen LogP contribution is 2.34. The molecule has 128 valence electrons. The summed E-state index contributed by atoms with van der Waals surface area (Å²) in [4.78, 5) is 14.8. The zero-order chi connectivity index (χ0) is 17.4. The highest BCUT2D eigenvalue weighted by molar-refractivity contribution is 5.78. The van der Waals surface area contributed by atoms with Crippen LogP contribution in [0.2, 0.25) is 0 Å². The number of carbonyl (C=O) groups excluding carboxylic acids is 1. The predicted octanol–water partition coefficient (Wildman–Crippen LogP) is 4.56. The lowest BCUT2D eigenvalue weighted by Gasteiger charge is -2.25. The zero-order valence-corrected chi connectivity index (χ0v) is 14.6. The number of phenolic OH excluding ortho intramolecular Hbond substituents is 1. The fourth-order valence-electron chi connectivity index (χ4n) is 3.08. The monoisotopic (exact) mass is 325 g/mol. The highest BCUT2D eigenvalue weighted by Gasteiger charge is 2.23. The topological polar surface area (TPSA) is 40.5 Å². The molecule has 1 amide bonds. The fourth-order valence-corrected chi connectivity index (χ4v) is 3.08. The molecule has 0 saturated carbocycles. The fraction of sp³-hybridized carbons (Fsp3) is 0.381. The van der Waals surface area contributed by atoms with E-state index in [-0.39, 0.29) is 17.6 Å². The number of carbonyl (C=O) groups is 1. The molecule has 2 rings (SSSR count). The molecule has 0 saturated heterocycles. The molecule has 1 atom stereocenters. The molecular formula is C21H27NO2. The number of nitrogens with zero attached hydrogens (tertiary/aromatic N) is 1. The van der Waals surface area contributed by atoms with Gasteiger partial charge in [-0.2, -0.15) is 0 Å². The Hall–Kier alpha value is -2.29. The number of aromatic hydroxyl groups is 1. The standard InChI is InChI=1S/C21H27NO2/c1-3-14-22(15-4-2)21(24)16-19(17-10-6-5-7-11-17)18-12-8-9-13-20(18)23/h5-13,19,23H,3-4,14-16H2,1-2H3. The average Bonchev–Trinajstić information content (AvgIpc) is 2.61. The van der Waals surface area contributed by atoms with Crippen LogP contribution >= 0.6 is 0 Å². The van der Waals surface area contributed by atoms with E-state index in [9.17, 15) is 9.90 Å². The van der Waals surface area contributed by atoms with Crippen molar-refractivity contribution in [3.05, 3.63) is 65.7 Å². The van der Waals surface area contributed by atoms with Crippen molar-refractivity contribution in [1.29, 1.82) is 0 Å². The van der Waals surface area contributed by atoms with Crippen molar-refractivity contribution in [1.82, 2.24) is 4.90 Å². The molecule has 1 N–H and O–H groups in total. The molecule has 0 aliphatic rings. The lowest BCUT2D eigenvalue weighted by Crippen LogP contribution is -2.33. The molecule has 0 aliphatic heterocycles. The zero-order valence-electron chi connectivity index (χ0n) is 14.6. The van der Waals surface area contributed by atoms with Gasteiger partial charge in [0, 0.05) is 31.0 Å². The van der Waals surface area contributed by atoms with Crippen LogP contribution in [0, 0.1) is 0 Å². The van der Waals surface area contributed by atoms with Gasteiger partial charge in [0.15, 0.2) is 0 Å². The van der Waals surface area contributed by atoms with Crippen molar-refractivity contribution in [2.24, 2.45) is 0 Å². The lowest BCUT2D eigenvalue weighted by molar-refractivity contribution is -0.131. The third-order valence-corrected chi connectivity index (χ3v) is 4.23. The molecule has 3 heteroatoms. The Kier molecular flexibility index (Phi) is 6.86. The molecule has 3 nitrogen and oxygen atoms in total. The Bertz CT molecular complexity index is 633. The second kappa shape index (κ2) is 9.11. The maximum atomic E-state index is 12.8. The van der Waals surface area contributed by atoms with Crippen molar-refractivity contribution >= 4 is 5.91 Å². The van der Waals surface area contributed by atoms with Crippen LogP contribution in [0.4, 0.5) is 0 Å².